The fourth-order valence-electron chi connectivity index (χ4n) is 2.56. The van der Waals surface area contributed by atoms with Gasteiger partial charge in [-0.2, -0.15) is 0 Å². The predicted molar refractivity (Wildman–Crippen MR) is 99.2 cm³/mol. The van der Waals surface area contributed by atoms with Gasteiger partial charge < -0.3 is 0 Å². The lowest BCUT2D eigenvalue weighted by Gasteiger charge is -2.19. The molecule has 0 amide bonds. The maximum absolute atomic E-state index is 3.93. The van der Waals surface area contributed by atoms with Gasteiger partial charge in [0.25, 0.3) is 0 Å². The molecule has 0 nitrogen and oxygen atoms in total. The van der Waals surface area contributed by atoms with Gasteiger partial charge in [0.15, 0.2) is 0 Å². The zero-order valence-corrected chi connectivity index (χ0v) is 16.2. The van der Waals surface area contributed by atoms with E-state index in [4.69, 9.17) is 0 Å². The molecule has 0 saturated carbocycles. The maximum atomic E-state index is 3.93. The van der Waals surface area contributed by atoms with E-state index < -0.39 is 0 Å². The Morgan fingerprint density at radius 3 is 2.05 bits per heavy atom. The first-order valence-corrected chi connectivity index (χ1v) is 9.39. The minimum absolute atomic E-state index is 0.300. The van der Waals surface area contributed by atoms with Crippen LogP contribution in [-0.4, -0.2) is 0 Å². The van der Waals surface area contributed by atoms with Gasteiger partial charge in [0.2, 0.25) is 0 Å². The van der Waals surface area contributed by atoms with Crippen LogP contribution in [0.15, 0.2) is 24.3 Å². The second-order valence-corrected chi connectivity index (χ2v) is 8.65. The molecule has 0 fully saturated rings. The summed E-state index contributed by atoms with van der Waals surface area (Å²) in [7, 11) is 0. The normalized spacial score (nSPS) is 13.2. The van der Waals surface area contributed by atoms with Crippen molar-refractivity contribution < 1.29 is 0 Å². The van der Waals surface area contributed by atoms with Crippen molar-refractivity contribution in [3.63, 3.8) is 0 Å². The molecule has 0 spiro atoms. The van der Waals surface area contributed by atoms with Crippen molar-refractivity contribution in [3.8, 4) is 0 Å². The molecular formula is C19H25BrS. The van der Waals surface area contributed by atoms with E-state index in [0.717, 1.165) is 0 Å². The average Bonchev–Trinajstić information content (AvgIpc) is 2.77. The molecule has 0 aliphatic carbocycles. The average molecular weight is 365 g/mol. The van der Waals surface area contributed by atoms with Gasteiger partial charge in [-0.25, -0.2) is 0 Å². The molecule has 2 rings (SSSR count). The van der Waals surface area contributed by atoms with Gasteiger partial charge >= 0.3 is 0 Å². The third-order valence-electron chi connectivity index (χ3n) is 4.11. The first-order valence-electron chi connectivity index (χ1n) is 7.66. The van der Waals surface area contributed by atoms with E-state index >= 15 is 0 Å². The third kappa shape index (κ3) is 3.60. The van der Waals surface area contributed by atoms with Crippen LogP contribution in [-0.2, 0) is 0 Å². The fourth-order valence-corrected chi connectivity index (χ4v) is 4.43. The summed E-state index contributed by atoms with van der Waals surface area (Å²) in [6, 6.07) is 9.31. The number of aryl methyl sites for hydroxylation is 2. The Balaban J connectivity index is 2.47. The summed E-state index contributed by atoms with van der Waals surface area (Å²) < 4.78 is 0. The molecule has 21 heavy (non-hydrogen) atoms. The largest absolute Gasteiger partial charge is 0.144 e. The molecule has 2 heteroatoms. The Labute approximate surface area is 141 Å². The number of halogens is 1. The van der Waals surface area contributed by atoms with Crippen LogP contribution in [0.5, 0.6) is 0 Å². The van der Waals surface area contributed by atoms with Gasteiger partial charge in [-0.15, -0.1) is 11.3 Å². The Kier molecular flexibility index (Phi) is 5.32. The molecule has 0 aliphatic heterocycles. The van der Waals surface area contributed by atoms with Crippen LogP contribution >= 0.6 is 27.3 Å². The topological polar surface area (TPSA) is 0 Å². The van der Waals surface area contributed by atoms with E-state index in [1.807, 2.05) is 11.3 Å². The standard InChI is InChI=1S/C19H25BrS/c1-11(2)15-7-8-16(17(10-15)12(3)4)19(20)18-9-13(5)14(6)21-18/h7-12,19H,1-6H3. The Morgan fingerprint density at radius 2 is 1.57 bits per heavy atom. The van der Waals surface area contributed by atoms with Crippen LogP contribution in [0.3, 0.4) is 0 Å². The van der Waals surface area contributed by atoms with Gasteiger partial charge in [0, 0.05) is 9.75 Å². The van der Waals surface area contributed by atoms with E-state index in [2.05, 4.69) is 81.7 Å². The predicted octanol–water partition coefficient (Wildman–Crippen LogP) is 7.10. The highest BCUT2D eigenvalue weighted by atomic mass is 79.9. The molecular weight excluding hydrogens is 340 g/mol. The molecule has 0 bridgehead atoms. The number of hydrogen-bond acceptors (Lipinski definition) is 1. The van der Waals surface area contributed by atoms with Gasteiger partial charge in [0.1, 0.15) is 0 Å². The third-order valence-corrected chi connectivity index (χ3v) is 6.61. The summed E-state index contributed by atoms with van der Waals surface area (Å²) in [6.07, 6.45) is 0. The first kappa shape index (κ1) is 16.8. The van der Waals surface area contributed by atoms with Gasteiger partial charge in [-0.3, -0.25) is 0 Å². The van der Waals surface area contributed by atoms with Crippen molar-refractivity contribution >= 4 is 27.3 Å². The Morgan fingerprint density at radius 1 is 0.905 bits per heavy atom. The summed E-state index contributed by atoms with van der Waals surface area (Å²) in [6.45, 7) is 13.5. The summed E-state index contributed by atoms with van der Waals surface area (Å²) in [4.78, 5) is 3.12. The van der Waals surface area contributed by atoms with E-state index in [-0.39, 0.29) is 0 Å². The summed E-state index contributed by atoms with van der Waals surface area (Å²) in [5, 5.41) is 0. The van der Waals surface area contributed by atoms with Crippen LogP contribution in [0, 0.1) is 13.8 Å². The maximum Gasteiger partial charge on any atom is 0.0741 e. The molecule has 2 aromatic rings. The summed E-state index contributed by atoms with van der Waals surface area (Å²) in [5.41, 5.74) is 5.70. The van der Waals surface area contributed by atoms with Gasteiger partial charge in [-0.05, 0) is 54.0 Å². The molecule has 0 aliphatic rings. The number of rotatable bonds is 4. The molecule has 0 saturated heterocycles. The highest BCUT2D eigenvalue weighted by molar-refractivity contribution is 9.09. The lowest BCUT2D eigenvalue weighted by molar-refractivity contribution is 0.821. The number of alkyl halides is 1. The summed E-state index contributed by atoms with van der Waals surface area (Å²) in [5.74, 6) is 1.12. The fraction of sp³-hybridized carbons (Fsp3) is 0.474. The van der Waals surface area contributed by atoms with Crippen molar-refractivity contribution in [2.75, 3.05) is 0 Å². The highest BCUT2D eigenvalue weighted by Gasteiger charge is 2.19. The minimum Gasteiger partial charge on any atom is -0.144 e. The van der Waals surface area contributed by atoms with Crippen LogP contribution in [0.25, 0.3) is 0 Å². The molecule has 0 N–H and O–H groups in total. The van der Waals surface area contributed by atoms with E-state index in [0.29, 0.717) is 16.7 Å². The van der Waals surface area contributed by atoms with Gasteiger partial charge in [-0.1, -0.05) is 61.8 Å². The molecule has 0 radical (unpaired) electrons. The van der Waals surface area contributed by atoms with Crippen molar-refractivity contribution in [2.45, 2.75) is 58.2 Å². The van der Waals surface area contributed by atoms with Gasteiger partial charge in [0.05, 0.1) is 4.83 Å². The molecule has 1 unspecified atom stereocenters. The molecule has 1 heterocycles. The minimum atomic E-state index is 0.300. The van der Waals surface area contributed by atoms with Crippen molar-refractivity contribution in [1.82, 2.24) is 0 Å². The smallest absolute Gasteiger partial charge is 0.0741 e. The quantitative estimate of drug-likeness (QED) is 0.507. The Bertz CT molecular complexity index is 603. The van der Waals surface area contributed by atoms with Crippen molar-refractivity contribution in [3.05, 3.63) is 56.3 Å². The zero-order chi connectivity index (χ0) is 15.7. The van der Waals surface area contributed by atoms with Crippen LogP contribution in [0.4, 0.5) is 0 Å². The van der Waals surface area contributed by atoms with Crippen LogP contribution in [0.1, 0.15) is 76.4 Å². The SMILES string of the molecule is Cc1cc(C(Br)c2ccc(C(C)C)cc2C(C)C)sc1C. The molecule has 1 aromatic carbocycles. The van der Waals surface area contributed by atoms with Crippen LogP contribution in [0.2, 0.25) is 0 Å². The van der Waals surface area contributed by atoms with E-state index in [9.17, 15) is 0 Å². The highest BCUT2D eigenvalue weighted by Crippen LogP contribution is 2.40. The van der Waals surface area contributed by atoms with Crippen LogP contribution < -0.4 is 0 Å². The zero-order valence-electron chi connectivity index (χ0n) is 13.8. The molecule has 114 valence electrons. The summed E-state index contributed by atoms with van der Waals surface area (Å²) >= 11 is 5.83. The first-order chi connectivity index (χ1) is 9.81. The number of hydrogen-bond donors (Lipinski definition) is 0. The van der Waals surface area contributed by atoms with E-state index in [1.54, 1.807) is 0 Å². The number of thiophene rings is 1. The molecule has 1 atom stereocenters. The molecule has 1 aromatic heterocycles. The van der Waals surface area contributed by atoms with Crippen molar-refractivity contribution in [1.29, 1.82) is 0 Å². The lowest BCUT2D eigenvalue weighted by Crippen LogP contribution is -2.01. The Hall–Kier alpha value is -0.600. The monoisotopic (exact) mass is 364 g/mol. The van der Waals surface area contributed by atoms with Crippen molar-refractivity contribution in [2.24, 2.45) is 0 Å². The lowest BCUT2D eigenvalue weighted by atomic mass is 9.90. The second kappa shape index (κ2) is 6.66. The second-order valence-electron chi connectivity index (χ2n) is 6.45. The van der Waals surface area contributed by atoms with E-state index in [1.165, 1.54) is 32.0 Å². The number of benzene rings is 1.